The number of rotatable bonds is 5. The van der Waals surface area contributed by atoms with Gasteiger partial charge in [0.1, 0.15) is 5.82 Å². The van der Waals surface area contributed by atoms with Gasteiger partial charge in [-0.2, -0.15) is 0 Å². The van der Waals surface area contributed by atoms with Crippen LogP contribution in [-0.2, 0) is 13.2 Å². The number of nitrogens with zero attached hydrogens (tertiary/aromatic N) is 3. The molecule has 5 nitrogen and oxygen atoms in total. The minimum atomic E-state index is -0.255. The second kappa shape index (κ2) is 6.93. The van der Waals surface area contributed by atoms with Gasteiger partial charge in [0.15, 0.2) is 11.5 Å². The standard InChI is InChI=1S/C20H17FN4O/c21-16-7-5-14(6-8-16)11-23-19-20-24-12-18(25(20)10-9-22-19)17-4-2-1-3-15(17)13-26/h1-10,12,26H,11,13H2,(H,22,23). The molecule has 0 bridgehead atoms. The topological polar surface area (TPSA) is 62.5 Å². The first-order valence-corrected chi connectivity index (χ1v) is 8.26. The second-order valence-corrected chi connectivity index (χ2v) is 5.91. The third-order valence-electron chi connectivity index (χ3n) is 4.26. The highest BCUT2D eigenvalue weighted by atomic mass is 19.1. The third-order valence-corrected chi connectivity index (χ3v) is 4.26. The summed E-state index contributed by atoms with van der Waals surface area (Å²) in [5, 5.41) is 12.8. The van der Waals surface area contributed by atoms with Gasteiger partial charge >= 0.3 is 0 Å². The zero-order valence-electron chi connectivity index (χ0n) is 13.9. The largest absolute Gasteiger partial charge is 0.392 e. The molecule has 26 heavy (non-hydrogen) atoms. The molecule has 2 heterocycles. The minimum absolute atomic E-state index is 0.0375. The Morgan fingerprint density at radius 3 is 2.65 bits per heavy atom. The van der Waals surface area contributed by atoms with Crippen molar-refractivity contribution in [1.29, 1.82) is 0 Å². The van der Waals surface area contributed by atoms with Gasteiger partial charge in [0.2, 0.25) is 0 Å². The summed E-state index contributed by atoms with van der Waals surface area (Å²) in [6, 6.07) is 14.0. The summed E-state index contributed by atoms with van der Waals surface area (Å²) >= 11 is 0. The molecule has 0 saturated heterocycles. The molecule has 2 N–H and O–H groups in total. The highest BCUT2D eigenvalue weighted by Crippen LogP contribution is 2.26. The molecule has 0 unspecified atom stereocenters. The molecule has 0 spiro atoms. The van der Waals surface area contributed by atoms with E-state index in [2.05, 4.69) is 15.3 Å². The van der Waals surface area contributed by atoms with E-state index in [1.54, 1.807) is 24.5 Å². The van der Waals surface area contributed by atoms with Gasteiger partial charge in [-0.3, -0.25) is 4.40 Å². The van der Waals surface area contributed by atoms with Crippen molar-refractivity contribution < 1.29 is 9.50 Å². The first kappa shape index (κ1) is 16.2. The summed E-state index contributed by atoms with van der Waals surface area (Å²) in [5.74, 6) is 0.388. The van der Waals surface area contributed by atoms with Crippen LogP contribution in [0, 0.1) is 5.82 Å². The molecule has 4 rings (SSSR count). The lowest BCUT2D eigenvalue weighted by Gasteiger charge is -2.09. The quantitative estimate of drug-likeness (QED) is 0.578. The number of aliphatic hydroxyl groups excluding tert-OH is 1. The number of halogens is 1. The Morgan fingerprint density at radius 2 is 1.85 bits per heavy atom. The van der Waals surface area contributed by atoms with Gasteiger partial charge in [-0.1, -0.05) is 36.4 Å². The Balaban J connectivity index is 1.68. The lowest BCUT2D eigenvalue weighted by molar-refractivity contribution is 0.282. The van der Waals surface area contributed by atoms with Crippen LogP contribution in [0.25, 0.3) is 16.9 Å². The van der Waals surface area contributed by atoms with Crippen LogP contribution in [0.5, 0.6) is 0 Å². The van der Waals surface area contributed by atoms with Crippen LogP contribution in [0.2, 0.25) is 0 Å². The van der Waals surface area contributed by atoms with Gasteiger partial charge in [0.25, 0.3) is 0 Å². The maximum Gasteiger partial charge on any atom is 0.180 e. The average Bonchev–Trinajstić information content (AvgIpc) is 3.12. The number of aromatic nitrogens is 3. The van der Waals surface area contributed by atoms with Crippen molar-refractivity contribution in [3.63, 3.8) is 0 Å². The van der Waals surface area contributed by atoms with Crippen molar-refractivity contribution in [3.05, 3.63) is 84.1 Å². The SMILES string of the molecule is OCc1ccccc1-c1cnc2c(NCc3ccc(F)cc3)nccn12. The van der Waals surface area contributed by atoms with E-state index in [-0.39, 0.29) is 12.4 Å². The number of benzene rings is 2. The molecule has 0 aliphatic carbocycles. The Morgan fingerprint density at radius 1 is 1.04 bits per heavy atom. The first-order valence-electron chi connectivity index (χ1n) is 8.26. The highest BCUT2D eigenvalue weighted by molar-refractivity contribution is 5.72. The zero-order valence-corrected chi connectivity index (χ0v) is 13.9. The van der Waals surface area contributed by atoms with Crippen molar-refractivity contribution in [1.82, 2.24) is 14.4 Å². The summed E-state index contributed by atoms with van der Waals surface area (Å²) < 4.78 is 15.0. The molecule has 0 fully saturated rings. The number of nitrogens with one attached hydrogen (secondary N) is 1. The Kier molecular flexibility index (Phi) is 4.33. The smallest absolute Gasteiger partial charge is 0.180 e. The Bertz CT molecular complexity index is 1040. The van der Waals surface area contributed by atoms with E-state index >= 15 is 0 Å². The van der Waals surface area contributed by atoms with Crippen LogP contribution in [0.1, 0.15) is 11.1 Å². The molecule has 0 atom stereocenters. The maximum atomic E-state index is 13.0. The van der Waals surface area contributed by atoms with Gasteiger partial charge in [0, 0.05) is 24.5 Å². The maximum absolute atomic E-state index is 13.0. The fourth-order valence-corrected chi connectivity index (χ4v) is 2.94. The van der Waals surface area contributed by atoms with Gasteiger partial charge in [-0.05, 0) is 23.3 Å². The summed E-state index contributed by atoms with van der Waals surface area (Å²) in [7, 11) is 0. The molecular formula is C20H17FN4O. The van der Waals surface area contributed by atoms with Gasteiger partial charge < -0.3 is 10.4 Å². The van der Waals surface area contributed by atoms with E-state index < -0.39 is 0 Å². The summed E-state index contributed by atoms with van der Waals surface area (Å²) in [6.45, 7) is 0.479. The summed E-state index contributed by atoms with van der Waals surface area (Å²) in [6.07, 6.45) is 5.32. The van der Waals surface area contributed by atoms with Crippen molar-refractivity contribution in [2.45, 2.75) is 13.2 Å². The summed E-state index contributed by atoms with van der Waals surface area (Å²) in [5.41, 5.74) is 4.30. The molecule has 0 aliphatic rings. The lowest BCUT2D eigenvalue weighted by Crippen LogP contribution is -2.04. The van der Waals surface area contributed by atoms with Crippen LogP contribution in [-0.4, -0.2) is 19.5 Å². The van der Waals surface area contributed by atoms with Gasteiger partial charge in [-0.25, -0.2) is 14.4 Å². The Labute approximate surface area is 149 Å². The molecule has 2 aromatic carbocycles. The monoisotopic (exact) mass is 348 g/mol. The predicted molar refractivity (Wildman–Crippen MR) is 98.1 cm³/mol. The van der Waals surface area contributed by atoms with Crippen LogP contribution in [0.15, 0.2) is 67.1 Å². The van der Waals surface area contributed by atoms with E-state index in [0.717, 1.165) is 22.4 Å². The molecular weight excluding hydrogens is 331 g/mol. The van der Waals surface area contributed by atoms with E-state index in [9.17, 15) is 9.50 Å². The van der Waals surface area contributed by atoms with E-state index in [1.165, 1.54) is 12.1 Å². The fraction of sp³-hybridized carbons (Fsp3) is 0.100. The van der Waals surface area contributed by atoms with Crippen LogP contribution >= 0.6 is 0 Å². The minimum Gasteiger partial charge on any atom is -0.392 e. The number of fused-ring (bicyclic) bond motifs is 1. The molecule has 0 saturated carbocycles. The fourth-order valence-electron chi connectivity index (χ4n) is 2.94. The number of imidazole rings is 1. The van der Waals surface area contributed by atoms with Crippen molar-refractivity contribution in [2.75, 3.05) is 5.32 Å². The molecule has 0 radical (unpaired) electrons. The number of anilines is 1. The third kappa shape index (κ3) is 3.02. The van der Waals surface area contributed by atoms with Crippen LogP contribution in [0.3, 0.4) is 0 Å². The van der Waals surface area contributed by atoms with Gasteiger partial charge in [-0.15, -0.1) is 0 Å². The number of hydrogen-bond donors (Lipinski definition) is 2. The van der Waals surface area contributed by atoms with E-state index in [0.29, 0.717) is 18.0 Å². The normalized spacial score (nSPS) is 11.0. The average molecular weight is 348 g/mol. The molecule has 130 valence electrons. The highest BCUT2D eigenvalue weighted by Gasteiger charge is 2.12. The second-order valence-electron chi connectivity index (χ2n) is 5.91. The molecule has 2 aromatic heterocycles. The molecule has 0 amide bonds. The Hall–Kier alpha value is -3.25. The molecule has 6 heteroatoms. The van der Waals surface area contributed by atoms with Crippen molar-refractivity contribution >= 4 is 11.5 Å². The first-order chi connectivity index (χ1) is 12.8. The lowest BCUT2D eigenvalue weighted by atomic mass is 10.1. The van der Waals surface area contributed by atoms with Crippen LogP contribution < -0.4 is 5.32 Å². The van der Waals surface area contributed by atoms with E-state index in [1.807, 2.05) is 34.9 Å². The van der Waals surface area contributed by atoms with E-state index in [4.69, 9.17) is 0 Å². The number of hydrogen-bond acceptors (Lipinski definition) is 4. The van der Waals surface area contributed by atoms with Gasteiger partial charge in [0.05, 0.1) is 18.5 Å². The molecule has 0 aliphatic heterocycles. The number of aliphatic hydroxyl groups is 1. The van der Waals surface area contributed by atoms with Crippen molar-refractivity contribution in [2.24, 2.45) is 0 Å². The zero-order chi connectivity index (χ0) is 17.9. The van der Waals surface area contributed by atoms with Crippen molar-refractivity contribution in [3.8, 4) is 11.3 Å². The van der Waals surface area contributed by atoms with Crippen LogP contribution in [0.4, 0.5) is 10.2 Å². The molecule has 4 aromatic rings. The predicted octanol–water partition coefficient (Wildman–Crippen LogP) is 3.64. The summed E-state index contributed by atoms with van der Waals surface area (Å²) in [4.78, 5) is 8.86.